The lowest BCUT2D eigenvalue weighted by molar-refractivity contribution is 0.521. The molecule has 2 nitrogen and oxygen atoms in total. The molecule has 0 radical (unpaired) electrons. The van der Waals surface area contributed by atoms with Crippen molar-refractivity contribution in [1.82, 2.24) is 0 Å². The van der Waals surface area contributed by atoms with Gasteiger partial charge in [0.05, 0.1) is 6.04 Å². The van der Waals surface area contributed by atoms with E-state index in [0.29, 0.717) is 5.92 Å². The second-order valence-electron chi connectivity index (χ2n) is 3.50. The van der Waals surface area contributed by atoms with Gasteiger partial charge in [-0.2, -0.15) is 0 Å². The number of rotatable bonds is 3. The summed E-state index contributed by atoms with van der Waals surface area (Å²) in [5.74, 6) is 0.433. The Morgan fingerprint density at radius 1 is 1.31 bits per heavy atom. The topological polar surface area (TPSA) is 38.4 Å². The van der Waals surface area contributed by atoms with Crippen LogP contribution in [-0.4, -0.2) is 6.72 Å². The van der Waals surface area contributed by atoms with Gasteiger partial charge in [-0.15, -0.1) is 0 Å². The molecule has 1 aromatic rings. The molecule has 0 spiro atoms. The lowest BCUT2D eigenvalue weighted by atomic mass is 9.95. The van der Waals surface area contributed by atoms with E-state index in [0.717, 1.165) is 11.3 Å². The zero-order chi connectivity index (χ0) is 9.84. The summed E-state index contributed by atoms with van der Waals surface area (Å²) >= 11 is 0. The summed E-state index contributed by atoms with van der Waals surface area (Å²) < 4.78 is 0. The minimum Gasteiger partial charge on any atom is -0.398 e. The minimum absolute atomic E-state index is 0.112. The first-order chi connectivity index (χ1) is 6.16. The molecule has 0 saturated carbocycles. The van der Waals surface area contributed by atoms with Gasteiger partial charge in [0.2, 0.25) is 0 Å². The zero-order valence-electron chi connectivity index (χ0n) is 8.20. The quantitative estimate of drug-likeness (QED) is 0.558. The van der Waals surface area contributed by atoms with Crippen LogP contribution >= 0.6 is 0 Å². The van der Waals surface area contributed by atoms with Gasteiger partial charge in [-0.05, 0) is 24.3 Å². The Morgan fingerprint density at radius 2 is 1.92 bits per heavy atom. The van der Waals surface area contributed by atoms with Crippen LogP contribution in [0.15, 0.2) is 29.3 Å². The number of nitrogens with zero attached hydrogens (tertiary/aromatic N) is 1. The Kier molecular flexibility index (Phi) is 3.07. The fraction of sp³-hybridized carbons (Fsp3) is 0.364. The highest BCUT2D eigenvalue weighted by atomic mass is 14.8. The second-order valence-corrected chi connectivity index (χ2v) is 3.50. The van der Waals surface area contributed by atoms with E-state index in [1.165, 1.54) is 0 Å². The molecule has 70 valence electrons. The van der Waals surface area contributed by atoms with Crippen molar-refractivity contribution in [3.8, 4) is 0 Å². The number of para-hydroxylation sites is 1. The lowest BCUT2D eigenvalue weighted by Gasteiger charge is -2.17. The van der Waals surface area contributed by atoms with Crippen molar-refractivity contribution in [3.05, 3.63) is 29.8 Å². The van der Waals surface area contributed by atoms with Gasteiger partial charge in [-0.3, -0.25) is 4.99 Å². The van der Waals surface area contributed by atoms with Gasteiger partial charge in [-0.1, -0.05) is 32.0 Å². The van der Waals surface area contributed by atoms with Crippen molar-refractivity contribution in [2.45, 2.75) is 19.9 Å². The van der Waals surface area contributed by atoms with Gasteiger partial charge in [0, 0.05) is 5.69 Å². The van der Waals surface area contributed by atoms with Gasteiger partial charge < -0.3 is 5.73 Å². The van der Waals surface area contributed by atoms with Gasteiger partial charge in [0.1, 0.15) is 0 Å². The molecule has 1 aromatic carbocycles. The maximum absolute atomic E-state index is 5.85. The molecule has 0 aliphatic rings. The van der Waals surface area contributed by atoms with Crippen molar-refractivity contribution in [1.29, 1.82) is 0 Å². The summed E-state index contributed by atoms with van der Waals surface area (Å²) in [6.45, 7) is 7.83. The molecule has 0 aliphatic carbocycles. The number of nitrogens with two attached hydrogens (primary N) is 1. The first-order valence-corrected chi connectivity index (χ1v) is 4.47. The second kappa shape index (κ2) is 4.08. The van der Waals surface area contributed by atoms with E-state index >= 15 is 0 Å². The molecule has 0 fully saturated rings. The van der Waals surface area contributed by atoms with Crippen LogP contribution in [0.25, 0.3) is 0 Å². The largest absolute Gasteiger partial charge is 0.398 e. The summed E-state index contributed by atoms with van der Waals surface area (Å²) in [6.07, 6.45) is 0. The van der Waals surface area contributed by atoms with E-state index in [4.69, 9.17) is 5.73 Å². The van der Waals surface area contributed by atoms with Crippen LogP contribution in [0.5, 0.6) is 0 Å². The van der Waals surface area contributed by atoms with Crippen LogP contribution in [0.3, 0.4) is 0 Å². The highest BCUT2D eigenvalue weighted by Crippen LogP contribution is 2.29. The molecule has 2 N–H and O–H groups in total. The van der Waals surface area contributed by atoms with E-state index in [2.05, 4.69) is 25.6 Å². The summed E-state index contributed by atoms with van der Waals surface area (Å²) in [5, 5.41) is 0. The zero-order valence-corrected chi connectivity index (χ0v) is 8.20. The third-order valence-corrected chi connectivity index (χ3v) is 2.14. The van der Waals surface area contributed by atoms with Crippen LogP contribution in [0.1, 0.15) is 25.5 Å². The lowest BCUT2D eigenvalue weighted by Crippen LogP contribution is -2.06. The molecular weight excluding hydrogens is 160 g/mol. The number of anilines is 1. The Labute approximate surface area is 79.5 Å². The molecule has 1 unspecified atom stereocenters. The van der Waals surface area contributed by atoms with Crippen molar-refractivity contribution >= 4 is 12.4 Å². The van der Waals surface area contributed by atoms with E-state index in [1.807, 2.05) is 24.3 Å². The van der Waals surface area contributed by atoms with Crippen LogP contribution in [-0.2, 0) is 0 Å². The summed E-state index contributed by atoms with van der Waals surface area (Å²) in [6, 6.07) is 7.93. The van der Waals surface area contributed by atoms with Gasteiger partial charge in [-0.25, -0.2) is 0 Å². The summed E-state index contributed by atoms with van der Waals surface area (Å²) in [7, 11) is 0. The molecule has 2 heteroatoms. The number of hydrogen-bond acceptors (Lipinski definition) is 2. The monoisotopic (exact) mass is 176 g/mol. The third-order valence-electron chi connectivity index (χ3n) is 2.14. The fourth-order valence-corrected chi connectivity index (χ4v) is 1.45. The maximum atomic E-state index is 5.85. The van der Waals surface area contributed by atoms with Crippen LogP contribution in [0.4, 0.5) is 5.69 Å². The standard InChI is InChI=1S/C11H16N2/c1-8(2)11(13-3)9-6-4-5-7-10(9)12/h4-8,11H,3,12H2,1-2H3. The Hall–Kier alpha value is -1.31. The van der Waals surface area contributed by atoms with Crippen LogP contribution < -0.4 is 5.73 Å². The average Bonchev–Trinajstić information content (AvgIpc) is 2.09. The SMILES string of the molecule is C=NC(c1ccccc1N)C(C)C. The molecule has 0 saturated heterocycles. The maximum Gasteiger partial charge on any atom is 0.0784 e. The van der Waals surface area contributed by atoms with Crippen molar-refractivity contribution in [3.63, 3.8) is 0 Å². The van der Waals surface area contributed by atoms with E-state index < -0.39 is 0 Å². The first-order valence-electron chi connectivity index (χ1n) is 4.47. The van der Waals surface area contributed by atoms with Crippen LogP contribution in [0.2, 0.25) is 0 Å². The molecular formula is C11H16N2. The van der Waals surface area contributed by atoms with Gasteiger partial charge in [0.25, 0.3) is 0 Å². The normalized spacial score (nSPS) is 12.8. The van der Waals surface area contributed by atoms with Gasteiger partial charge in [0.15, 0.2) is 0 Å². The van der Waals surface area contributed by atoms with E-state index in [-0.39, 0.29) is 6.04 Å². The number of hydrogen-bond donors (Lipinski definition) is 1. The summed E-state index contributed by atoms with van der Waals surface area (Å²) in [5.41, 5.74) is 7.72. The van der Waals surface area contributed by atoms with Crippen LogP contribution in [0, 0.1) is 5.92 Å². The molecule has 0 aliphatic heterocycles. The number of benzene rings is 1. The van der Waals surface area contributed by atoms with Crippen molar-refractivity contribution < 1.29 is 0 Å². The Bertz CT molecular complexity index is 292. The first kappa shape index (κ1) is 9.78. The minimum atomic E-state index is 0.112. The Morgan fingerprint density at radius 3 is 2.38 bits per heavy atom. The number of aliphatic imine (C=N–C) groups is 1. The number of nitrogen functional groups attached to an aromatic ring is 1. The highest BCUT2D eigenvalue weighted by Gasteiger charge is 2.14. The van der Waals surface area contributed by atoms with E-state index in [9.17, 15) is 0 Å². The van der Waals surface area contributed by atoms with Crippen molar-refractivity contribution in [2.24, 2.45) is 10.9 Å². The van der Waals surface area contributed by atoms with Crippen molar-refractivity contribution in [2.75, 3.05) is 5.73 Å². The fourth-order valence-electron chi connectivity index (χ4n) is 1.45. The third kappa shape index (κ3) is 2.08. The average molecular weight is 176 g/mol. The molecule has 0 bridgehead atoms. The Balaban J connectivity index is 3.04. The summed E-state index contributed by atoms with van der Waals surface area (Å²) in [4.78, 5) is 4.09. The predicted octanol–water partition coefficient (Wildman–Crippen LogP) is 2.67. The van der Waals surface area contributed by atoms with E-state index in [1.54, 1.807) is 0 Å². The molecule has 13 heavy (non-hydrogen) atoms. The molecule has 1 rings (SSSR count). The molecule has 0 amide bonds. The molecule has 1 atom stereocenters. The molecule has 0 aromatic heterocycles. The predicted molar refractivity (Wildman–Crippen MR) is 58.0 cm³/mol. The van der Waals surface area contributed by atoms with Gasteiger partial charge >= 0.3 is 0 Å². The highest BCUT2D eigenvalue weighted by molar-refractivity contribution is 5.49. The smallest absolute Gasteiger partial charge is 0.0784 e. The molecule has 0 heterocycles.